The summed E-state index contributed by atoms with van der Waals surface area (Å²) in [4.78, 5) is 11.5. The van der Waals surface area contributed by atoms with Gasteiger partial charge in [-0.2, -0.15) is 0 Å². The maximum absolute atomic E-state index is 11.5. The Morgan fingerprint density at radius 2 is 2.06 bits per heavy atom. The zero-order valence-corrected chi connectivity index (χ0v) is 9.14. The first-order valence-electron chi connectivity index (χ1n) is 5.20. The molecule has 2 rings (SSSR count). The van der Waals surface area contributed by atoms with Crippen molar-refractivity contribution in [3.63, 3.8) is 0 Å². The molecule has 0 aromatic heterocycles. The van der Waals surface area contributed by atoms with Crippen molar-refractivity contribution in [3.8, 4) is 0 Å². The van der Waals surface area contributed by atoms with Gasteiger partial charge in [-0.1, -0.05) is 42.5 Å². The second kappa shape index (κ2) is 4.90. The predicted molar refractivity (Wildman–Crippen MR) is 61.8 cm³/mol. The van der Waals surface area contributed by atoms with E-state index in [4.69, 9.17) is 4.74 Å². The molecule has 0 amide bonds. The van der Waals surface area contributed by atoms with Crippen molar-refractivity contribution < 1.29 is 9.53 Å². The maximum atomic E-state index is 11.5. The number of benzene rings is 1. The summed E-state index contributed by atoms with van der Waals surface area (Å²) in [5.74, 6) is -0.101. The van der Waals surface area contributed by atoms with Crippen LogP contribution in [0.25, 0.3) is 0 Å². The van der Waals surface area contributed by atoms with Crippen molar-refractivity contribution in [2.45, 2.75) is 12.5 Å². The largest absolute Gasteiger partial charge is 0.369 e. The molecule has 0 aliphatic heterocycles. The number of hydrogen-bond acceptors (Lipinski definition) is 2. The minimum atomic E-state index is -0.467. The van der Waals surface area contributed by atoms with Gasteiger partial charge in [0.15, 0.2) is 5.78 Å². The third kappa shape index (κ3) is 2.28. The van der Waals surface area contributed by atoms with Crippen molar-refractivity contribution in [2.24, 2.45) is 0 Å². The monoisotopic (exact) mass is 213 g/mol. The average molecular weight is 213 g/mol. The van der Waals surface area contributed by atoms with Gasteiger partial charge in [-0.25, -0.2) is 0 Å². The molecule has 1 aromatic carbocycles. The van der Waals surface area contributed by atoms with Crippen LogP contribution in [0.4, 0.5) is 0 Å². The number of rotatable bonds is 3. The van der Waals surface area contributed by atoms with Crippen LogP contribution >= 0.6 is 0 Å². The molecule has 1 aliphatic carbocycles. The molecule has 1 unspecified atom stereocenters. The molecule has 81 valence electrons. The molecule has 0 fully saturated rings. The molecule has 1 aromatic rings. The van der Waals surface area contributed by atoms with Gasteiger partial charge < -0.3 is 4.74 Å². The summed E-state index contributed by atoms with van der Waals surface area (Å²) < 4.78 is 5.19. The molecular weight excluding hydrogens is 200 g/mol. The molecule has 0 saturated carbocycles. The predicted octanol–water partition coefficient (Wildman–Crippen LogP) is 2.11. The molecule has 0 N–H and O–H groups in total. The Balaban J connectivity index is 2.18. The fourth-order valence-corrected chi connectivity index (χ4v) is 1.80. The third-order valence-electron chi connectivity index (χ3n) is 2.58. The van der Waals surface area contributed by atoms with E-state index >= 15 is 0 Å². The van der Waals surface area contributed by atoms with E-state index in [2.05, 4.69) is 6.08 Å². The highest BCUT2D eigenvalue weighted by atomic mass is 16.5. The Morgan fingerprint density at radius 3 is 2.75 bits per heavy atom. The first kappa shape index (κ1) is 10.8. The number of Topliss-reactive ketones (excluding diaryl/α,β-unsaturated/α-hetero) is 1. The number of carbonyl (C=O) groups excluding carboxylic acids is 1. The van der Waals surface area contributed by atoms with Crippen LogP contribution in [0, 0.1) is 6.08 Å². The number of methoxy groups -OCH3 is 1. The van der Waals surface area contributed by atoms with Crippen LogP contribution in [0.1, 0.15) is 5.56 Å². The molecule has 2 heteroatoms. The SMILES string of the molecule is COC1C(=O)[C]=CC=C1Cc1ccccc1. The number of hydrogen-bond donors (Lipinski definition) is 0. The highest BCUT2D eigenvalue weighted by Gasteiger charge is 2.22. The van der Waals surface area contributed by atoms with E-state index < -0.39 is 6.10 Å². The van der Waals surface area contributed by atoms with Crippen molar-refractivity contribution in [1.29, 1.82) is 0 Å². The standard InChI is InChI=1S/C14H13O2/c1-16-14-12(8-5-9-13(14)15)10-11-6-3-2-4-7-11/h2-8,14H,10H2,1H3. The Hall–Kier alpha value is -1.67. The lowest BCUT2D eigenvalue weighted by Crippen LogP contribution is -2.26. The van der Waals surface area contributed by atoms with Gasteiger partial charge in [0.05, 0.1) is 0 Å². The Morgan fingerprint density at radius 1 is 1.31 bits per heavy atom. The average Bonchev–Trinajstić information content (AvgIpc) is 2.31. The highest BCUT2D eigenvalue weighted by molar-refractivity contribution is 5.94. The first-order chi connectivity index (χ1) is 7.81. The van der Waals surface area contributed by atoms with Gasteiger partial charge in [0.2, 0.25) is 0 Å². The van der Waals surface area contributed by atoms with Gasteiger partial charge in [0.25, 0.3) is 0 Å². The molecule has 0 heterocycles. The number of ketones is 1. The van der Waals surface area contributed by atoms with Crippen LogP contribution in [-0.4, -0.2) is 19.0 Å². The smallest absolute Gasteiger partial charge is 0.196 e. The van der Waals surface area contributed by atoms with Crippen LogP contribution in [0.2, 0.25) is 0 Å². The van der Waals surface area contributed by atoms with E-state index in [1.807, 2.05) is 36.4 Å². The van der Waals surface area contributed by atoms with E-state index in [0.717, 1.165) is 12.0 Å². The van der Waals surface area contributed by atoms with E-state index in [-0.39, 0.29) is 5.78 Å². The second-order valence-corrected chi connectivity index (χ2v) is 3.69. The van der Waals surface area contributed by atoms with Crippen LogP contribution in [-0.2, 0) is 16.0 Å². The van der Waals surface area contributed by atoms with Crippen molar-refractivity contribution >= 4 is 5.78 Å². The molecule has 2 nitrogen and oxygen atoms in total. The molecule has 1 aliphatic rings. The second-order valence-electron chi connectivity index (χ2n) is 3.69. The Labute approximate surface area is 95.2 Å². The third-order valence-corrected chi connectivity index (χ3v) is 2.58. The number of ether oxygens (including phenoxy) is 1. The van der Waals surface area contributed by atoms with Crippen LogP contribution < -0.4 is 0 Å². The lowest BCUT2D eigenvalue weighted by Gasteiger charge is -2.18. The molecule has 16 heavy (non-hydrogen) atoms. The van der Waals surface area contributed by atoms with E-state index in [9.17, 15) is 4.79 Å². The van der Waals surface area contributed by atoms with E-state index in [0.29, 0.717) is 0 Å². The van der Waals surface area contributed by atoms with Gasteiger partial charge >= 0.3 is 0 Å². The van der Waals surface area contributed by atoms with Crippen molar-refractivity contribution in [2.75, 3.05) is 7.11 Å². The number of carbonyl (C=O) groups is 1. The zero-order chi connectivity index (χ0) is 11.4. The molecule has 0 bridgehead atoms. The van der Waals surface area contributed by atoms with Crippen LogP contribution in [0.15, 0.2) is 48.1 Å². The normalized spacial score (nSPS) is 19.7. The summed E-state index contributed by atoms with van der Waals surface area (Å²) in [5, 5.41) is 0. The topological polar surface area (TPSA) is 26.3 Å². The highest BCUT2D eigenvalue weighted by Crippen LogP contribution is 2.18. The van der Waals surface area contributed by atoms with Gasteiger partial charge in [0, 0.05) is 13.2 Å². The summed E-state index contributed by atoms with van der Waals surface area (Å²) >= 11 is 0. The molecule has 0 spiro atoms. The minimum absolute atomic E-state index is 0.101. The lowest BCUT2D eigenvalue weighted by atomic mass is 9.94. The van der Waals surface area contributed by atoms with Crippen molar-refractivity contribution in [1.82, 2.24) is 0 Å². The molecule has 1 atom stereocenters. The van der Waals surface area contributed by atoms with E-state index in [1.165, 1.54) is 5.56 Å². The Kier molecular flexibility index (Phi) is 3.32. The minimum Gasteiger partial charge on any atom is -0.369 e. The van der Waals surface area contributed by atoms with Crippen LogP contribution in [0.5, 0.6) is 0 Å². The lowest BCUT2D eigenvalue weighted by molar-refractivity contribution is -0.122. The van der Waals surface area contributed by atoms with Crippen LogP contribution in [0.3, 0.4) is 0 Å². The summed E-state index contributed by atoms with van der Waals surface area (Å²) in [6.07, 6.45) is 6.47. The molecular formula is C14H13O2. The first-order valence-corrected chi connectivity index (χ1v) is 5.20. The van der Waals surface area contributed by atoms with Crippen molar-refractivity contribution in [3.05, 3.63) is 59.7 Å². The summed E-state index contributed by atoms with van der Waals surface area (Å²) in [7, 11) is 1.55. The zero-order valence-electron chi connectivity index (χ0n) is 9.14. The van der Waals surface area contributed by atoms with Gasteiger partial charge in [-0.3, -0.25) is 4.79 Å². The summed E-state index contributed by atoms with van der Waals surface area (Å²) in [6.45, 7) is 0. The van der Waals surface area contributed by atoms with E-state index in [1.54, 1.807) is 13.2 Å². The van der Waals surface area contributed by atoms with Gasteiger partial charge in [-0.05, 0) is 17.6 Å². The Bertz CT molecular complexity index is 429. The number of allylic oxidation sites excluding steroid dienone is 2. The van der Waals surface area contributed by atoms with Gasteiger partial charge in [0.1, 0.15) is 6.10 Å². The van der Waals surface area contributed by atoms with Gasteiger partial charge in [-0.15, -0.1) is 0 Å². The molecule has 1 radical (unpaired) electrons. The molecule has 0 saturated heterocycles. The quantitative estimate of drug-likeness (QED) is 0.768. The fraction of sp³-hybridized carbons (Fsp3) is 0.214. The fourth-order valence-electron chi connectivity index (χ4n) is 1.80. The maximum Gasteiger partial charge on any atom is 0.196 e. The summed E-state index contributed by atoms with van der Waals surface area (Å²) in [5.41, 5.74) is 2.16. The summed E-state index contributed by atoms with van der Waals surface area (Å²) in [6, 6.07) is 10.0.